The van der Waals surface area contributed by atoms with Crippen molar-refractivity contribution in [2.24, 2.45) is 0 Å². The number of nitrogens with two attached hydrogens (primary N) is 1. The van der Waals surface area contributed by atoms with Crippen molar-refractivity contribution in [3.8, 4) is 0 Å². The molecule has 0 aliphatic carbocycles. The minimum absolute atomic E-state index is 0.0671. The zero-order chi connectivity index (χ0) is 14.3. The molecule has 2 aromatic rings. The summed E-state index contributed by atoms with van der Waals surface area (Å²) in [5, 5.41) is 8.27. The predicted octanol–water partition coefficient (Wildman–Crippen LogP) is 3.17. The topological polar surface area (TPSA) is 55.9 Å². The van der Waals surface area contributed by atoms with Crippen molar-refractivity contribution in [2.75, 3.05) is 17.6 Å². The summed E-state index contributed by atoms with van der Waals surface area (Å²) in [5.74, 6) is 1.11. The Balaban J connectivity index is 2.01. The molecular formula is C16H22N4. The van der Waals surface area contributed by atoms with Crippen LogP contribution in [0.1, 0.15) is 44.5 Å². The highest BCUT2D eigenvalue weighted by Crippen LogP contribution is 2.33. The first-order valence-corrected chi connectivity index (χ1v) is 7.14. The highest BCUT2D eigenvalue weighted by Gasteiger charge is 2.26. The molecule has 0 radical (unpaired) electrons. The number of fused-ring (bicyclic) bond motifs is 1. The molecule has 1 aliphatic heterocycles. The molecule has 0 bridgehead atoms. The molecule has 0 fully saturated rings. The van der Waals surface area contributed by atoms with Crippen molar-refractivity contribution < 1.29 is 0 Å². The van der Waals surface area contributed by atoms with E-state index in [1.54, 1.807) is 0 Å². The summed E-state index contributed by atoms with van der Waals surface area (Å²) in [7, 11) is 0. The number of anilines is 2. The standard InChI is InChI=1S/C16H22N4/c1-16(2,3)14-10-15-18-9-8-13(20(15)19-14)11-4-6-12(17)7-5-11/h4-7,10,13,18H,8-9,17H2,1-3H3. The molecule has 0 amide bonds. The number of rotatable bonds is 1. The van der Waals surface area contributed by atoms with Gasteiger partial charge in [-0.05, 0) is 24.1 Å². The number of hydrogen-bond acceptors (Lipinski definition) is 3. The Morgan fingerprint density at radius 2 is 1.95 bits per heavy atom. The van der Waals surface area contributed by atoms with Crippen LogP contribution in [0.15, 0.2) is 30.3 Å². The number of nitrogens with one attached hydrogen (secondary N) is 1. The lowest BCUT2D eigenvalue weighted by Crippen LogP contribution is -2.24. The zero-order valence-corrected chi connectivity index (χ0v) is 12.4. The van der Waals surface area contributed by atoms with Gasteiger partial charge < -0.3 is 11.1 Å². The first-order valence-electron chi connectivity index (χ1n) is 7.14. The molecule has 1 aliphatic rings. The molecule has 0 saturated carbocycles. The van der Waals surface area contributed by atoms with E-state index in [9.17, 15) is 0 Å². The van der Waals surface area contributed by atoms with Crippen LogP contribution in [0.5, 0.6) is 0 Å². The van der Waals surface area contributed by atoms with Gasteiger partial charge in [-0.1, -0.05) is 32.9 Å². The second-order valence-electron chi connectivity index (χ2n) is 6.51. The van der Waals surface area contributed by atoms with Crippen molar-refractivity contribution >= 4 is 11.5 Å². The molecule has 1 aromatic carbocycles. The van der Waals surface area contributed by atoms with Gasteiger partial charge in [0.1, 0.15) is 5.82 Å². The van der Waals surface area contributed by atoms with Crippen molar-refractivity contribution in [1.29, 1.82) is 0 Å². The van der Waals surface area contributed by atoms with Crippen molar-refractivity contribution in [2.45, 2.75) is 38.6 Å². The fourth-order valence-electron chi connectivity index (χ4n) is 2.62. The molecule has 3 rings (SSSR count). The van der Waals surface area contributed by atoms with Gasteiger partial charge in [0.2, 0.25) is 0 Å². The van der Waals surface area contributed by atoms with Gasteiger partial charge in [0.25, 0.3) is 0 Å². The Morgan fingerprint density at radius 1 is 1.25 bits per heavy atom. The van der Waals surface area contributed by atoms with E-state index in [0.717, 1.165) is 30.2 Å². The normalized spacial score (nSPS) is 18.4. The van der Waals surface area contributed by atoms with Crippen LogP contribution in [0.4, 0.5) is 11.5 Å². The quantitative estimate of drug-likeness (QED) is 0.783. The summed E-state index contributed by atoms with van der Waals surface area (Å²) in [5.41, 5.74) is 9.04. The maximum Gasteiger partial charge on any atom is 0.125 e. The number of aromatic nitrogens is 2. The van der Waals surface area contributed by atoms with E-state index in [-0.39, 0.29) is 5.41 Å². The van der Waals surface area contributed by atoms with Crippen LogP contribution in [0.2, 0.25) is 0 Å². The van der Waals surface area contributed by atoms with Gasteiger partial charge in [-0.25, -0.2) is 4.68 Å². The molecule has 0 saturated heterocycles. The monoisotopic (exact) mass is 270 g/mol. The second kappa shape index (κ2) is 4.54. The summed E-state index contributed by atoms with van der Waals surface area (Å²) < 4.78 is 2.12. The largest absolute Gasteiger partial charge is 0.399 e. The average Bonchev–Trinajstić information content (AvgIpc) is 2.83. The fourth-order valence-corrected chi connectivity index (χ4v) is 2.62. The molecule has 3 N–H and O–H groups in total. The fraction of sp³-hybridized carbons (Fsp3) is 0.438. The van der Waals surface area contributed by atoms with Crippen LogP contribution in [0.3, 0.4) is 0 Å². The van der Waals surface area contributed by atoms with E-state index >= 15 is 0 Å². The van der Waals surface area contributed by atoms with Gasteiger partial charge in [0.05, 0.1) is 11.7 Å². The lowest BCUT2D eigenvalue weighted by atomic mass is 9.92. The minimum Gasteiger partial charge on any atom is -0.399 e. The number of nitrogen functional groups attached to an aromatic ring is 1. The van der Waals surface area contributed by atoms with E-state index in [1.807, 2.05) is 12.1 Å². The Hall–Kier alpha value is -1.97. The lowest BCUT2D eigenvalue weighted by molar-refractivity contribution is 0.462. The maximum absolute atomic E-state index is 5.78. The third kappa shape index (κ3) is 2.26. The van der Waals surface area contributed by atoms with E-state index in [0.29, 0.717) is 6.04 Å². The van der Waals surface area contributed by atoms with E-state index in [4.69, 9.17) is 10.8 Å². The Kier molecular flexibility index (Phi) is 2.96. The highest BCUT2D eigenvalue weighted by atomic mass is 15.4. The first kappa shape index (κ1) is 13.0. The molecule has 20 heavy (non-hydrogen) atoms. The van der Waals surface area contributed by atoms with Gasteiger partial charge in [0.15, 0.2) is 0 Å². The van der Waals surface area contributed by atoms with Gasteiger partial charge in [-0.2, -0.15) is 5.10 Å². The molecule has 106 valence electrons. The molecule has 1 atom stereocenters. The Labute approximate surface area is 120 Å². The van der Waals surface area contributed by atoms with Gasteiger partial charge >= 0.3 is 0 Å². The van der Waals surface area contributed by atoms with Crippen LogP contribution < -0.4 is 11.1 Å². The third-order valence-corrected chi connectivity index (χ3v) is 3.84. The Bertz CT molecular complexity index is 604. The summed E-state index contributed by atoms with van der Waals surface area (Å²) >= 11 is 0. The molecule has 0 spiro atoms. The van der Waals surface area contributed by atoms with Crippen molar-refractivity contribution in [1.82, 2.24) is 9.78 Å². The molecule has 1 unspecified atom stereocenters. The van der Waals surface area contributed by atoms with E-state index in [1.165, 1.54) is 5.56 Å². The maximum atomic E-state index is 5.78. The summed E-state index contributed by atoms with van der Waals surface area (Å²) in [6.07, 6.45) is 1.04. The SMILES string of the molecule is CC(C)(C)c1cc2n(n1)C(c1ccc(N)cc1)CCN2. The molecule has 1 aromatic heterocycles. The zero-order valence-electron chi connectivity index (χ0n) is 12.4. The number of benzene rings is 1. The van der Waals surface area contributed by atoms with E-state index < -0.39 is 0 Å². The molecule has 4 heteroatoms. The molecular weight excluding hydrogens is 248 g/mol. The molecule has 4 nitrogen and oxygen atoms in total. The van der Waals surface area contributed by atoms with Crippen LogP contribution in [0.25, 0.3) is 0 Å². The van der Waals surface area contributed by atoms with Crippen molar-refractivity contribution in [3.63, 3.8) is 0 Å². The number of hydrogen-bond donors (Lipinski definition) is 2. The molecule has 2 heterocycles. The van der Waals surface area contributed by atoms with E-state index in [2.05, 4.69) is 49.0 Å². The van der Waals surface area contributed by atoms with Crippen LogP contribution >= 0.6 is 0 Å². The third-order valence-electron chi connectivity index (χ3n) is 3.84. The van der Waals surface area contributed by atoms with Crippen LogP contribution in [-0.2, 0) is 5.41 Å². The summed E-state index contributed by atoms with van der Waals surface area (Å²) in [6, 6.07) is 10.6. The summed E-state index contributed by atoms with van der Waals surface area (Å²) in [6.45, 7) is 7.56. The van der Waals surface area contributed by atoms with Gasteiger partial charge in [0, 0.05) is 23.7 Å². The second-order valence-corrected chi connectivity index (χ2v) is 6.51. The van der Waals surface area contributed by atoms with Crippen LogP contribution in [0, 0.1) is 0 Å². The lowest BCUT2D eigenvalue weighted by Gasteiger charge is -2.26. The number of nitrogens with zero attached hydrogens (tertiary/aromatic N) is 2. The minimum atomic E-state index is 0.0671. The van der Waals surface area contributed by atoms with Gasteiger partial charge in [-0.3, -0.25) is 0 Å². The average molecular weight is 270 g/mol. The highest BCUT2D eigenvalue weighted by molar-refractivity contribution is 5.45. The summed E-state index contributed by atoms with van der Waals surface area (Å²) in [4.78, 5) is 0. The van der Waals surface area contributed by atoms with Crippen LogP contribution in [-0.4, -0.2) is 16.3 Å². The first-order chi connectivity index (χ1) is 9.45. The smallest absolute Gasteiger partial charge is 0.125 e. The van der Waals surface area contributed by atoms with Crippen molar-refractivity contribution in [3.05, 3.63) is 41.6 Å². The van der Waals surface area contributed by atoms with Gasteiger partial charge in [-0.15, -0.1) is 0 Å². The predicted molar refractivity (Wildman–Crippen MR) is 83.0 cm³/mol. The Morgan fingerprint density at radius 3 is 2.60 bits per heavy atom.